The maximum absolute atomic E-state index is 9.19. The molecule has 1 aromatic heterocycles. The highest BCUT2D eigenvalue weighted by Gasteiger charge is 2.04. The SMILES string of the molecule is CCOc1cccc(Oc2ccncc2CO)c1. The highest BCUT2D eigenvalue weighted by atomic mass is 16.5. The molecule has 0 fully saturated rings. The smallest absolute Gasteiger partial charge is 0.136 e. The van der Waals surface area contributed by atoms with Crippen molar-refractivity contribution in [2.75, 3.05) is 6.61 Å². The van der Waals surface area contributed by atoms with Crippen LogP contribution in [0.25, 0.3) is 0 Å². The van der Waals surface area contributed by atoms with Crippen molar-refractivity contribution in [3.8, 4) is 17.2 Å². The maximum atomic E-state index is 9.19. The van der Waals surface area contributed by atoms with Crippen LogP contribution in [0.5, 0.6) is 17.2 Å². The van der Waals surface area contributed by atoms with Crippen molar-refractivity contribution in [2.24, 2.45) is 0 Å². The Labute approximate surface area is 106 Å². The Balaban J connectivity index is 2.20. The lowest BCUT2D eigenvalue weighted by Gasteiger charge is -2.10. The van der Waals surface area contributed by atoms with Crippen LogP contribution in [0.4, 0.5) is 0 Å². The third-order valence-electron chi connectivity index (χ3n) is 2.37. The topological polar surface area (TPSA) is 51.6 Å². The average molecular weight is 245 g/mol. The third-order valence-corrected chi connectivity index (χ3v) is 2.37. The highest BCUT2D eigenvalue weighted by molar-refractivity contribution is 5.38. The van der Waals surface area contributed by atoms with Crippen LogP contribution in [0.1, 0.15) is 12.5 Å². The molecule has 0 aliphatic carbocycles. The molecule has 0 saturated carbocycles. The van der Waals surface area contributed by atoms with Crippen LogP contribution in [0.15, 0.2) is 42.7 Å². The highest BCUT2D eigenvalue weighted by Crippen LogP contribution is 2.27. The van der Waals surface area contributed by atoms with E-state index in [1.54, 1.807) is 18.5 Å². The van der Waals surface area contributed by atoms with Crippen LogP contribution in [0, 0.1) is 0 Å². The fraction of sp³-hybridized carbons (Fsp3) is 0.214. The molecule has 2 aromatic rings. The van der Waals surface area contributed by atoms with Gasteiger partial charge in [-0.05, 0) is 25.1 Å². The number of pyridine rings is 1. The van der Waals surface area contributed by atoms with Gasteiger partial charge in [0.15, 0.2) is 0 Å². The van der Waals surface area contributed by atoms with Gasteiger partial charge in [-0.1, -0.05) is 6.07 Å². The first-order chi connectivity index (χ1) is 8.83. The van der Waals surface area contributed by atoms with Crippen LogP contribution in [0.2, 0.25) is 0 Å². The lowest BCUT2D eigenvalue weighted by Crippen LogP contribution is -1.94. The summed E-state index contributed by atoms with van der Waals surface area (Å²) < 4.78 is 11.1. The minimum absolute atomic E-state index is 0.103. The predicted molar refractivity (Wildman–Crippen MR) is 67.8 cm³/mol. The van der Waals surface area contributed by atoms with Crippen molar-refractivity contribution in [3.05, 3.63) is 48.3 Å². The quantitative estimate of drug-likeness (QED) is 0.880. The maximum Gasteiger partial charge on any atom is 0.136 e. The number of hydrogen-bond acceptors (Lipinski definition) is 4. The Kier molecular flexibility index (Phi) is 4.15. The van der Waals surface area contributed by atoms with Crippen molar-refractivity contribution >= 4 is 0 Å². The minimum atomic E-state index is -0.103. The van der Waals surface area contributed by atoms with Crippen LogP contribution in [0.3, 0.4) is 0 Å². The molecule has 0 amide bonds. The number of ether oxygens (including phenoxy) is 2. The second-order valence-electron chi connectivity index (χ2n) is 3.65. The molecule has 1 heterocycles. The average Bonchev–Trinajstić information content (AvgIpc) is 2.40. The zero-order chi connectivity index (χ0) is 12.8. The van der Waals surface area contributed by atoms with E-state index < -0.39 is 0 Å². The van der Waals surface area contributed by atoms with E-state index in [0.29, 0.717) is 23.7 Å². The fourth-order valence-corrected chi connectivity index (χ4v) is 1.55. The number of benzene rings is 1. The third kappa shape index (κ3) is 2.99. The van der Waals surface area contributed by atoms with Gasteiger partial charge in [-0.2, -0.15) is 0 Å². The van der Waals surface area contributed by atoms with Crippen LogP contribution in [-0.4, -0.2) is 16.7 Å². The fourth-order valence-electron chi connectivity index (χ4n) is 1.55. The Morgan fingerprint density at radius 1 is 1.22 bits per heavy atom. The van der Waals surface area contributed by atoms with Gasteiger partial charge in [0.05, 0.1) is 13.2 Å². The second-order valence-corrected chi connectivity index (χ2v) is 3.65. The van der Waals surface area contributed by atoms with E-state index in [-0.39, 0.29) is 6.61 Å². The van der Waals surface area contributed by atoms with Crippen molar-refractivity contribution in [1.29, 1.82) is 0 Å². The lowest BCUT2D eigenvalue weighted by molar-refractivity contribution is 0.276. The van der Waals surface area contributed by atoms with Gasteiger partial charge in [-0.15, -0.1) is 0 Å². The monoisotopic (exact) mass is 245 g/mol. The molecule has 4 nitrogen and oxygen atoms in total. The first-order valence-electron chi connectivity index (χ1n) is 5.78. The van der Waals surface area contributed by atoms with Gasteiger partial charge >= 0.3 is 0 Å². The summed E-state index contributed by atoms with van der Waals surface area (Å²) in [5.41, 5.74) is 0.652. The van der Waals surface area contributed by atoms with Gasteiger partial charge in [0.1, 0.15) is 17.2 Å². The Morgan fingerprint density at radius 3 is 2.83 bits per heavy atom. The van der Waals surface area contributed by atoms with Crippen molar-refractivity contribution in [2.45, 2.75) is 13.5 Å². The van der Waals surface area contributed by atoms with Crippen LogP contribution < -0.4 is 9.47 Å². The minimum Gasteiger partial charge on any atom is -0.494 e. The molecule has 0 aliphatic rings. The molecule has 0 saturated heterocycles. The van der Waals surface area contributed by atoms with E-state index in [9.17, 15) is 5.11 Å². The molecule has 0 atom stereocenters. The number of hydrogen-bond donors (Lipinski definition) is 1. The largest absolute Gasteiger partial charge is 0.494 e. The molecular formula is C14H15NO3. The molecular weight excluding hydrogens is 230 g/mol. The normalized spacial score (nSPS) is 10.1. The number of nitrogens with zero attached hydrogens (tertiary/aromatic N) is 1. The van der Waals surface area contributed by atoms with Gasteiger partial charge in [0.25, 0.3) is 0 Å². The van der Waals surface area contributed by atoms with E-state index >= 15 is 0 Å². The summed E-state index contributed by atoms with van der Waals surface area (Å²) in [6.45, 7) is 2.44. The van der Waals surface area contributed by atoms with Crippen molar-refractivity contribution < 1.29 is 14.6 Å². The van der Waals surface area contributed by atoms with Crippen LogP contribution >= 0.6 is 0 Å². The number of aromatic nitrogens is 1. The van der Waals surface area contributed by atoms with Crippen molar-refractivity contribution in [3.63, 3.8) is 0 Å². The number of aliphatic hydroxyl groups is 1. The van der Waals surface area contributed by atoms with Gasteiger partial charge in [-0.3, -0.25) is 4.98 Å². The molecule has 1 aromatic carbocycles. The zero-order valence-electron chi connectivity index (χ0n) is 10.2. The van der Waals surface area contributed by atoms with E-state index in [1.807, 2.05) is 31.2 Å². The zero-order valence-corrected chi connectivity index (χ0v) is 10.2. The molecule has 0 spiro atoms. The van der Waals surface area contributed by atoms with Gasteiger partial charge in [0.2, 0.25) is 0 Å². The molecule has 0 unspecified atom stereocenters. The second kappa shape index (κ2) is 6.02. The number of aliphatic hydroxyl groups excluding tert-OH is 1. The molecule has 4 heteroatoms. The molecule has 0 radical (unpaired) electrons. The summed E-state index contributed by atoms with van der Waals surface area (Å²) in [4.78, 5) is 3.94. The van der Waals surface area contributed by atoms with Gasteiger partial charge in [0, 0.05) is 24.0 Å². The Bertz CT molecular complexity index is 514. The molecule has 0 bridgehead atoms. The Hall–Kier alpha value is -2.07. The van der Waals surface area contributed by atoms with Crippen LogP contribution in [-0.2, 0) is 6.61 Å². The predicted octanol–water partition coefficient (Wildman–Crippen LogP) is 2.76. The molecule has 1 N–H and O–H groups in total. The summed E-state index contributed by atoms with van der Waals surface area (Å²) in [7, 11) is 0. The standard InChI is InChI=1S/C14H15NO3/c1-2-17-12-4-3-5-13(8-12)18-14-6-7-15-9-11(14)10-16/h3-9,16H,2,10H2,1H3. The van der Waals surface area contributed by atoms with E-state index in [4.69, 9.17) is 9.47 Å². The first-order valence-corrected chi connectivity index (χ1v) is 5.78. The summed E-state index contributed by atoms with van der Waals surface area (Å²) in [5.74, 6) is 2.03. The van der Waals surface area contributed by atoms with E-state index in [0.717, 1.165) is 5.75 Å². The molecule has 0 aliphatic heterocycles. The summed E-state index contributed by atoms with van der Waals surface area (Å²) >= 11 is 0. The molecule has 18 heavy (non-hydrogen) atoms. The lowest BCUT2D eigenvalue weighted by atomic mass is 10.2. The summed E-state index contributed by atoms with van der Waals surface area (Å²) in [5, 5.41) is 9.19. The molecule has 94 valence electrons. The van der Waals surface area contributed by atoms with Gasteiger partial charge < -0.3 is 14.6 Å². The summed E-state index contributed by atoms with van der Waals surface area (Å²) in [6.07, 6.45) is 3.21. The van der Waals surface area contributed by atoms with E-state index in [1.165, 1.54) is 0 Å². The first kappa shape index (κ1) is 12.4. The Morgan fingerprint density at radius 2 is 2.06 bits per heavy atom. The van der Waals surface area contributed by atoms with E-state index in [2.05, 4.69) is 4.98 Å². The molecule has 2 rings (SSSR count). The van der Waals surface area contributed by atoms with Gasteiger partial charge in [-0.25, -0.2) is 0 Å². The number of rotatable bonds is 5. The van der Waals surface area contributed by atoms with Crippen molar-refractivity contribution in [1.82, 2.24) is 4.98 Å². The summed E-state index contributed by atoms with van der Waals surface area (Å²) in [6, 6.07) is 9.10.